The molecule has 2 aliphatic rings. The van der Waals surface area contributed by atoms with E-state index in [1.165, 1.54) is 12.3 Å². The molecule has 0 radical (unpaired) electrons. The summed E-state index contributed by atoms with van der Waals surface area (Å²) in [5.41, 5.74) is 2.30. The Hall–Kier alpha value is -4.45. The van der Waals surface area contributed by atoms with Crippen molar-refractivity contribution in [1.82, 2.24) is 10.2 Å². The van der Waals surface area contributed by atoms with Gasteiger partial charge >= 0.3 is 0 Å². The lowest BCUT2D eigenvalue weighted by molar-refractivity contribution is -0.384. The normalized spacial score (nSPS) is 15.4. The van der Waals surface area contributed by atoms with E-state index in [2.05, 4.69) is 15.5 Å². The second-order valence-electron chi connectivity index (χ2n) is 9.72. The largest absolute Gasteiger partial charge is 0.459 e. The van der Waals surface area contributed by atoms with Gasteiger partial charge in [0, 0.05) is 62.3 Å². The minimum Gasteiger partial charge on any atom is -0.459 e. The third-order valence-corrected chi connectivity index (χ3v) is 7.35. The molecule has 5 rings (SSSR count). The summed E-state index contributed by atoms with van der Waals surface area (Å²) in [5.74, 6) is -0.281. The summed E-state index contributed by atoms with van der Waals surface area (Å²) >= 11 is 5.31. The van der Waals surface area contributed by atoms with Crippen LogP contribution in [-0.4, -0.2) is 66.0 Å². The molecule has 0 aliphatic carbocycles. The maximum atomic E-state index is 12.8. The molecule has 0 atom stereocenters. The first-order valence-electron chi connectivity index (χ1n) is 13.2. The molecule has 2 aliphatic heterocycles. The van der Waals surface area contributed by atoms with Gasteiger partial charge in [0.25, 0.3) is 17.5 Å². The maximum absolute atomic E-state index is 12.8. The van der Waals surface area contributed by atoms with E-state index in [4.69, 9.17) is 16.6 Å². The minimum atomic E-state index is -0.524. The zero-order valence-corrected chi connectivity index (χ0v) is 22.7. The van der Waals surface area contributed by atoms with Crippen molar-refractivity contribution < 1.29 is 18.9 Å². The van der Waals surface area contributed by atoms with Crippen molar-refractivity contribution in [3.8, 4) is 0 Å². The molecule has 3 aromatic rings. The fraction of sp³-hybridized carbons (Fsp3) is 0.321. The molecule has 2 N–H and O–H groups in total. The highest BCUT2D eigenvalue weighted by Gasteiger charge is 2.25. The van der Waals surface area contributed by atoms with Crippen LogP contribution in [0.5, 0.6) is 0 Å². The number of nitrogens with zero attached hydrogens (tertiary/aromatic N) is 4. The molecule has 0 spiro atoms. The van der Waals surface area contributed by atoms with Crippen molar-refractivity contribution in [3.63, 3.8) is 0 Å². The summed E-state index contributed by atoms with van der Waals surface area (Å²) < 4.78 is 5.22. The van der Waals surface area contributed by atoms with Gasteiger partial charge in [-0.15, -0.1) is 0 Å². The number of rotatable bonds is 6. The van der Waals surface area contributed by atoms with E-state index in [0.29, 0.717) is 43.3 Å². The first-order chi connectivity index (χ1) is 19.4. The Kier molecular flexibility index (Phi) is 8.25. The zero-order chi connectivity index (χ0) is 28.1. The maximum Gasteiger partial charge on any atom is 0.293 e. The van der Waals surface area contributed by atoms with E-state index in [9.17, 15) is 19.7 Å². The topological polar surface area (TPSA) is 124 Å². The molecular formula is C28H30N6O5S. The summed E-state index contributed by atoms with van der Waals surface area (Å²) in [6.45, 7) is 4.09. The number of carbonyl (C=O) groups excluding carboxylic acids is 2. The quantitative estimate of drug-likeness (QED) is 0.258. The second-order valence-corrected chi connectivity index (χ2v) is 10.1. The predicted octanol–water partition coefficient (Wildman–Crippen LogP) is 4.27. The molecule has 12 heteroatoms. The number of benzene rings is 2. The highest BCUT2D eigenvalue weighted by molar-refractivity contribution is 7.80. The number of hydrogen-bond donors (Lipinski definition) is 2. The molecule has 2 amide bonds. The van der Waals surface area contributed by atoms with Gasteiger partial charge in [-0.05, 0) is 80.0 Å². The van der Waals surface area contributed by atoms with E-state index in [1.54, 1.807) is 29.2 Å². The van der Waals surface area contributed by atoms with E-state index >= 15 is 0 Å². The Morgan fingerprint density at radius 2 is 1.62 bits per heavy atom. The predicted molar refractivity (Wildman–Crippen MR) is 156 cm³/mol. The Balaban J connectivity index is 1.14. The SMILES string of the molecule is O=C(NC(=S)Nc1ccc(N2CCN(C(=O)c3ccco3)CC2)cc1)c1ccc(N2CCCCC2)c([N+](=O)[O-])c1. The van der Waals surface area contributed by atoms with E-state index in [0.717, 1.165) is 38.0 Å². The smallest absolute Gasteiger partial charge is 0.293 e. The summed E-state index contributed by atoms with van der Waals surface area (Å²) in [6.07, 6.45) is 4.59. The number of amides is 2. The van der Waals surface area contributed by atoms with Gasteiger partial charge in [0.2, 0.25) is 0 Å². The van der Waals surface area contributed by atoms with Gasteiger partial charge in [-0.1, -0.05) is 0 Å². The van der Waals surface area contributed by atoms with Crippen LogP contribution in [0.25, 0.3) is 0 Å². The molecule has 2 aromatic carbocycles. The number of piperazine rings is 1. The number of nitro benzene ring substituents is 1. The van der Waals surface area contributed by atoms with E-state index in [-0.39, 0.29) is 22.3 Å². The lowest BCUT2D eigenvalue weighted by Crippen LogP contribution is -2.48. The highest BCUT2D eigenvalue weighted by Crippen LogP contribution is 2.31. The van der Waals surface area contributed by atoms with Gasteiger partial charge in [0.1, 0.15) is 5.69 Å². The molecule has 40 heavy (non-hydrogen) atoms. The standard InChI is InChI=1S/C28H30N6O5S/c35-26(20-6-11-23(24(19-20)34(37)38)32-12-2-1-3-13-32)30-28(40)29-21-7-9-22(10-8-21)31-14-16-33(17-15-31)27(36)25-5-4-18-39-25/h4-11,18-19H,1-3,12-17H2,(H2,29,30,35,40). The third kappa shape index (κ3) is 6.23. The molecule has 11 nitrogen and oxygen atoms in total. The summed E-state index contributed by atoms with van der Waals surface area (Å²) in [5, 5.41) is 17.4. The monoisotopic (exact) mass is 562 g/mol. The average molecular weight is 563 g/mol. The van der Waals surface area contributed by atoms with Crippen molar-refractivity contribution in [2.24, 2.45) is 0 Å². The number of anilines is 3. The Morgan fingerprint density at radius 3 is 2.27 bits per heavy atom. The van der Waals surface area contributed by atoms with Gasteiger partial charge < -0.3 is 24.4 Å². The van der Waals surface area contributed by atoms with Gasteiger partial charge in [-0.25, -0.2) is 0 Å². The molecule has 0 bridgehead atoms. The van der Waals surface area contributed by atoms with Gasteiger partial charge in [-0.3, -0.25) is 25.0 Å². The lowest BCUT2D eigenvalue weighted by atomic mass is 10.1. The van der Waals surface area contributed by atoms with Crippen LogP contribution in [0.4, 0.5) is 22.7 Å². The van der Waals surface area contributed by atoms with Crippen LogP contribution in [0.3, 0.4) is 0 Å². The van der Waals surface area contributed by atoms with E-state index in [1.807, 2.05) is 29.2 Å². The number of nitro groups is 1. The van der Waals surface area contributed by atoms with Crippen LogP contribution in [0.1, 0.15) is 40.2 Å². The molecule has 3 heterocycles. The number of carbonyl (C=O) groups is 2. The molecule has 2 fully saturated rings. The molecule has 0 saturated carbocycles. The van der Waals surface area contributed by atoms with Crippen LogP contribution in [0, 0.1) is 10.1 Å². The third-order valence-electron chi connectivity index (χ3n) is 7.15. The summed E-state index contributed by atoms with van der Waals surface area (Å²) in [4.78, 5) is 42.5. The highest BCUT2D eigenvalue weighted by atomic mass is 32.1. The fourth-order valence-corrected chi connectivity index (χ4v) is 5.24. The number of hydrogen-bond acceptors (Lipinski definition) is 8. The number of piperidine rings is 1. The zero-order valence-electron chi connectivity index (χ0n) is 21.9. The number of furan rings is 1. The minimum absolute atomic E-state index is 0.0878. The van der Waals surface area contributed by atoms with Crippen molar-refractivity contribution in [2.45, 2.75) is 19.3 Å². The number of nitrogens with one attached hydrogen (secondary N) is 2. The Bertz CT molecular complexity index is 1380. The summed E-state index contributed by atoms with van der Waals surface area (Å²) in [7, 11) is 0. The Morgan fingerprint density at radius 1 is 0.900 bits per heavy atom. The average Bonchev–Trinajstić information content (AvgIpc) is 3.52. The van der Waals surface area contributed by atoms with Crippen LogP contribution in [0.2, 0.25) is 0 Å². The molecule has 0 unspecified atom stereocenters. The lowest BCUT2D eigenvalue weighted by Gasteiger charge is -2.35. The molecule has 2 saturated heterocycles. The van der Waals surface area contributed by atoms with Crippen molar-refractivity contribution in [1.29, 1.82) is 0 Å². The van der Waals surface area contributed by atoms with Crippen LogP contribution >= 0.6 is 12.2 Å². The van der Waals surface area contributed by atoms with E-state index < -0.39 is 10.8 Å². The number of thiocarbonyl (C=S) groups is 1. The van der Waals surface area contributed by atoms with Crippen molar-refractivity contribution in [2.75, 3.05) is 54.4 Å². The van der Waals surface area contributed by atoms with Crippen LogP contribution in [-0.2, 0) is 0 Å². The molecule has 208 valence electrons. The molecular weight excluding hydrogens is 532 g/mol. The molecule has 1 aromatic heterocycles. The van der Waals surface area contributed by atoms with Crippen molar-refractivity contribution >= 4 is 51.9 Å². The van der Waals surface area contributed by atoms with Gasteiger partial charge in [0.15, 0.2) is 10.9 Å². The van der Waals surface area contributed by atoms with Crippen LogP contribution < -0.4 is 20.4 Å². The second kappa shape index (κ2) is 12.2. The first kappa shape index (κ1) is 27.1. The summed E-state index contributed by atoms with van der Waals surface area (Å²) in [6, 6.07) is 15.5. The first-order valence-corrected chi connectivity index (χ1v) is 13.6. The fourth-order valence-electron chi connectivity index (χ4n) is 5.03. The Labute approximate surface area is 236 Å². The van der Waals surface area contributed by atoms with Crippen LogP contribution in [0.15, 0.2) is 65.3 Å². The van der Waals surface area contributed by atoms with Gasteiger partial charge in [-0.2, -0.15) is 0 Å². The van der Waals surface area contributed by atoms with Gasteiger partial charge in [0.05, 0.1) is 11.2 Å². The van der Waals surface area contributed by atoms with Crippen molar-refractivity contribution in [3.05, 3.63) is 82.3 Å².